The number of para-hydroxylation sites is 1. The molecule has 0 atom stereocenters. The summed E-state index contributed by atoms with van der Waals surface area (Å²) in [5, 5.41) is 11.8. The highest BCUT2D eigenvalue weighted by Gasteiger charge is 2.11. The zero-order valence-corrected chi connectivity index (χ0v) is 14.0. The van der Waals surface area contributed by atoms with Gasteiger partial charge in [-0.05, 0) is 25.5 Å². The van der Waals surface area contributed by atoms with Gasteiger partial charge in [-0.1, -0.05) is 18.2 Å². The summed E-state index contributed by atoms with van der Waals surface area (Å²) in [6.07, 6.45) is 2.68. The van der Waals surface area contributed by atoms with E-state index in [1.165, 1.54) is 0 Å². The summed E-state index contributed by atoms with van der Waals surface area (Å²) in [4.78, 5) is 9.15. The molecule has 126 valence electrons. The van der Waals surface area contributed by atoms with Gasteiger partial charge in [0.1, 0.15) is 5.82 Å². The number of fused-ring (bicyclic) bond motifs is 1. The third-order valence-corrected chi connectivity index (χ3v) is 3.58. The monoisotopic (exact) mass is 326 g/mol. The van der Waals surface area contributed by atoms with Crippen molar-refractivity contribution in [2.24, 2.45) is 7.05 Å². The number of hydrogen-bond acceptors (Lipinski definition) is 6. The third-order valence-electron chi connectivity index (χ3n) is 3.58. The van der Waals surface area contributed by atoms with Gasteiger partial charge in [-0.2, -0.15) is 15.1 Å². The number of nitrogens with zero attached hydrogens (tertiary/aromatic N) is 4. The van der Waals surface area contributed by atoms with Crippen molar-refractivity contribution in [3.8, 4) is 0 Å². The fourth-order valence-corrected chi connectivity index (χ4v) is 2.37. The fourth-order valence-electron chi connectivity index (χ4n) is 2.37. The first-order valence-electron chi connectivity index (χ1n) is 8.11. The number of hydrogen-bond donors (Lipinski definition) is 2. The van der Waals surface area contributed by atoms with Crippen molar-refractivity contribution in [2.75, 3.05) is 30.4 Å². The molecule has 0 fully saturated rings. The fraction of sp³-hybridized carbons (Fsp3) is 0.353. The molecule has 1 aromatic carbocycles. The maximum absolute atomic E-state index is 5.34. The molecule has 2 N–H and O–H groups in total. The Morgan fingerprint density at radius 1 is 1.17 bits per heavy atom. The molecule has 2 heterocycles. The van der Waals surface area contributed by atoms with Gasteiger partial charge in [-0.25, -0.2) is 0 Å². The molecule has 0 bridgehead atoms. The number of aryl methyl sites for hydroxylation is 1. The summed E-state index contributed by atoms with van der Waals surface area (Å²) >= 11 is 0. The number of nitrogens with one attached hydrogen (secondary N) is 2. The smallest absolute Gasteiger partial charge is 0.226 e. The van der Waals surface area contributed by atoms with Crippen molar-refractivity contribution >= 4 is 28.5 Å². The number of ether oxygens (including phenoxy) is 1. The molecule has 7 nitrogen and oxygen atoms in total. The van der Waals surface area contributed by atoms with E-state index in [0.29, 0.717) is 5.95 Å². The van der Waals surface area contributed by atoms with Gasteiger partial charge in [0, 0.05) is 32.5 Å². The molecule has 0 aliphatic rings. The second-order valence-electron chi connectivity index (χ2n) is 5.37. The summed E-state index contributed by atoms with van der Waals surface area (Å²) < 4.78 is 7.09. The molecule has 0 aliphatic carbocycles. The van der Waals surface area contributed by atoms with Crippen LogP contribution in [-0.2, 0) is 11.8 Å². The zero-order chi connectivity index (χ0) is 16.8. The van der Waals surface area contributed by atoms with Gasteiger partial charge in [0.2, 0.25) is 5.95 Å². The zero-order valence-electron chi connectivity index (χ0n) is 14.0. The Bertz CT molecular complexity index is 786. The minimum Gasteiger partial charge on any atom is -0.382 e. The Hall–Kier alpha value is -2.67. The predicted octanol–water partition coefficient (Wildman–Crippen LogP) is 2.95. The predicted molar refractivity (Wildman–Crippen MR) is 95.6 cm³/mol. The molecule has 2 aromatic heterocycles. The number of benzene rings is 1. The van der Waals surface area contributed by atoms with Crippen LogP contribution in [0.4, 0.5) is 17.5 Å². The first-order chi connectivity index (χ1) is 11.8. The van der Waals surface area contributed by atoms with Crippen LogP contribution in [0.25, 0.3) is 11.0 Å². The van der Waals surface area contributed by atoms with E-state index in [1.54, 1.807) is 10.9 Å². The molecule has 3 aromatic rings. The lowest BCUT2D eigenvalue weighted by molar-refractivity contribution is 0.147. The van der Waals surface area contributed by atoms with Gasteiger partial charge >= 0.3 is 0 Å². The van der Waals surface area contributed by atoms with Crippen LogP contribution in [0.2, 0.25) is 0 Å². The van der Waals surface area contributed by atoms with Crippen LogP contribution in [0.3, 0.4) is 0 Å². The highest BCUT2D eigenvalue weighted by molar-refractivity contribution is 5.89. The Balaban J connectivity index is 1.81. The van der Waals surface area contributed by atoms with Crippen molar-refractivity contribution in [3.05, 3.63) is 36.5 Å². The lowest BCUT2D eigenvalue weighted by Crippen LogP contribution is -2.10. The molecule has 0 saturated heterocycles. The Labute approximate surface area is 141 Å². The van der Waals surface area contributed by atoms with Crippen LogP contribution in [0.5, 0.6) is 0 Å². The van der Waals surface area contributed by atoms with E-state index in [9.17, 15) is 0 Å². The SMILES string of the molecule is CCOCCCNc1nc(Nc2ccccc2)c2cnn(C)c2n1. The molecule has 0 amide bonds. The van der Waals surface area contributed by atoms with Gasteiger partial charge in [-0.15, -0.1) is 0 Å². The van der Waals surface area contributed by atoms with E-state index in [-0.39, 0.29) is 0 Å². The molecule has 0 saturated carbocycles. The number of anilines is 3. The van der Waals surface area contributed by atoms with Crippen LogP contribution >= 0.6 is 0 Å². The second-order valence-corrected chi connectivity index (χ2v) is 5.37. The normalized spacial score (nSPS) is 10.9. The second kappa shape index (κ2) is 7.74. The first kappa shape index (κ1) is 16.2. The largest absolute Gasteiger partial charge is 0.382 e. The highest BCUT2D eigenvalue weighted by Crippen LogP contribution is 2.24. The topological polar surface area (TPSA) is 76.9 Å². The minimum atomic E-state index is 0.584. The average Bonchev–Trinajstić information content (AvgIpc) is 2.97. The lowest BCUT2D eigenvalue weighted by atomic mass is 10.3. The first-order valence-corrected chi connectivity index (χ1v) is 8.11. The van der Waals surface area contributed by atoms with E-state index in [0.717, 1.165) is 48.7 Å². The maximum Gasteiger partial charge on any atom is 0.226 e. The molecule has 0 aliphatic heterocycles. The summed E-state index contributed by atoms with van der Waals surface area (Å²) in [5.41, 5.74) is 1.76. The lowest BCUT2D eigenvalue weighted by Gasteiger charge is -2.10. The quantitative estimate of drug-likeness (QED) is 0.620. The molecular formula is C17H22N6O. The Morgan fingerprint density at radius 3 is 2.79 bits per heavy atom. The van der Waals surface area contributed by atoms with Crippen LogP contribution in [-0.4, -0.2) is 39.5 Å². The van der Waals surface area contributed by atoms with E-state index in [1.807, 2.05) is 44.3 Å². The summed E-state index contributed by atoms with van der Waals surface area (Å²) in [6, 6.07) is 9.95. The van der Waals surface area contributed by atoms with Crippen molar-refractivity contribution in [3.63, 3.8) is 0 Å². The van der Waals surface area contributed by atoms with E-state index in [4.69, 9.17) is 4.74 Å². The standard InChI is InChI=1S/C17H22N6O/c1-3-24-11-7-10-18-17-21-15(20-13-8-5-4-6-9-13)14-12-19-23(2)16(14)22-17/h4-6,8-9,12H,3,7,10-11H2,1-2H3,(H2,18,20,21,22). The summed E-state index contributed by atoms with van der Waals surface area (Å²) in [7, 11) is 1.88. The highest BCUT2D eigenvalue weighted by atomic mass is 16.5. The van der Waals surface area contributed by atoms with E-state index >= 15 is 0 Å². The van der Waals surface area contributed by atoms with Gasteiger partial charge in [0.05, 0.1) is 11.6 Å². The van der Waals surface area contributed by atoms with Crippen molar-refractivity contribution in [1.29, 1.82) is 0 Å². The summed E-state index contributed by atoms with van der Waals surface area (Å²) in [6.45, 7) is 4.22. The molecular weight excluding hydrogens is 304 g/mol. The van der Waals surface area contributed by atoms with Gasteiger partial charge < -0.3 is 15.4 Å². The number of aromatic nitrogens is 4. The molecule has 0 unspecified atom stereocenters. The van der Waals surface area contributed by atoms with Crippen LogP contribution in [0, 0.1) is 0 Å². The van der Waals surface area contributed by atoms with Crippen molar-refractivity contribution in [1.82, 2.24) is 19.7 Å². The van der Waals surface area contributed by atoms with E-state index < -0.39 is 0 Å². The maximum atomic E-state index is 5.34. The average molecular weight is 326 g/mol. The van der Waals surface area contributed by atoms with Gasteiger partial charge in [0.15, 0.2) is 5.65 Å². The molecule has 3 rings (SSSR count). The van der Waals surface area contributed by atoms with Gasteiger partial charge in [0.25, 0.3) is 0 Å². The van der Waals surface area contributed by atoms with Crippen LogP contribution in [0.1, 0.15) is 13.3 Å². The van der Waals surface area contributed by atoms with E-state index in [2.05, 4.69) is 25.7 Å². The van der Waals surface area contributed by atoms with Crippen molar-refractivity contribution < 1.29 is 4.74 Å². The minimum absolute atomic E-state index is 0.584. The third kappa shape index (κ3) is 3.80. The Kier molecular flexibility index (Phi) is 5.22. The molecule has 24 heavy (non-hydrogen) atoms. The van der Waals surface area contributed by atoms with Crippen molar-refractivity contribution in [2.45, 2.75) is 13.3 Å². The number of rotatable bonds is 8. The molecule has 0 spiro atoms. The van der Waals surface area contributed by atoms with Gasteiger partial charge in [-0.3, -0.25) is 4.68 Å². The van der Waals surface area contributed by atoms with Crippen LogP contribution in [0.15, 0.2) is 36.5 Å². The molecule has 0 radical (unpaired) electrons. The Morgan fingerprint density at radius 2 is 2.00 bits per heavy atom. The van der Waals surface area contributed by atoms with Crippen LogP contribution < -0.4 is 10.6 Å². The molecule has 7 heteroatoms. The summed E-state index contributed by atoms with van der Waals surface area (Å²) in [5.74, 6) is 1.33.